The summed E-state index contributed by atoms with van der Waals surface area (Å²) in [6, 6.07) is 1.49. The van der Waals surface area contributed by atoms with Gasteiger partial charge < -0.3 is 5.32 Å². The van der Waals surface area contributed by atoms with Gasteiger partial charge in [-0.15, -0.1) is 0 Å². The van der Waals surface area contributed by atoms with E-state index < -0.39 is 10.8 Å². The minimum atomic E-state index is -0.502. The van der Waals surface area contributed by atoms with Crippen LogP contribution in [0.4, 0.5) is 0 Å². The van der Waals surface area contributed by atoms with Crippen molar-refractivity contribution in [3.05, 3.63) is 0 Å². The molecule has 1 heterocycles. The van der Waals surface area contributed by atoms with E-state index in [2.05, 4.69) is 5.32 Å². The van der Waals surface area contributed by atoms with Crippen molar-refractivity contribution in [2.24, 2.45) is 11.8 Å². The van der Waals surface area contributed by atoms with Crippen LogP contribution in [0.1, 0.15) is 32.1 Å². The Balaban J connectivity index is 1.50. The van der Waals surface area contributed by atoms with Crippen molar-refractivity contribution in [1.82, 2.24) is 5.32 Å². The third kappa shape index (κ3) is 1.76. The van der Waals surface area contributed by atoms with Gasteiger partial charge in [0, 0.05) is 34.4 Å². The fourth-order valence-electron chi connectivity index (χ4n) is 3.17. The van der Waals surface area contributed by atoms with E-state index >= 15 is 0 Å². The molecule has 0 bridgehead atoms. The highest BCUT2D eigenvalue weighted by Crippen LogP contribution is 2.51. The Morgan fingerprint density at radius 2 is 1.86 bits per heavy atom. The summed E-state index contributed by atoms with van der Waals surface area (Å²) in [5.74, 6) is 3.95. The van der Waals surface area contributed by atoms with Crippen LogP contribution in [-0.2, 0) is 10.8 Å². The molecular formula is C11H19NOS. The van der Waals surface area contributed by atoms with Crippen LogP contribution in [0.2, 0.25) is 0 Å². The molecule has 1 saturated heterocycles. The molecule has 3 fully saturated rings. The zero-order valence-electron chi connectivity index (χ0n) is 8.58. The number of rotatable bonds is 2. The Morgan fingerprint density at radius 3 is 2.43 bits per heavy atom. The summed E-state index contributed by atoms with van der Waals surface area (Å²) in [6.07, 6.45) is 6.62. The number of fused-ring (bicyclic) bond motifs is 1. The number of nitrogens with one attached hydrogen (secondary N) is 1. The van der Waals surface area contributed by atoms with Gasteiger partial charge in [-0.25, -0.2) is 0 Å². The molecule has 0 radical (unpaired) electrons. The van der Waals surface area contributed by atoms with E-state index in [-0.39, 0.29) is 0 Å². The lowest BCUT2D eigenvalue weighted by Gasteiger charge is -2.26. The van der Waals surface area contributed by atoms with Gasteiger partial charge in [0.25, 0.3) is 0 Å². The van der Waals surface area contributed by atoms with Crippen LogP contribution in [0.15, 0.2) is 0 Å². The Bertz CT molecular complexity index is 246. The Kier molecular flexibility index (Phi) is 2.40. The maximum Gasteiger partial charge on any atom is 0.0249 e. The average Bonchev–Trinajstić information content (AvgIpc) is 2.88. The van der Waals surface area contributed by atoms with Gasteiger partial charge in [-0.2, -0.15) is 0 Å². The van der Waals surface area contributed by atoms with Gasteiger partial charge in [-0.05, 0) is 43.9 Å². The van der Waals surface area contributed by atoms with Crippen LogP contribution < -0.4 is 5.32 Å². The quantitative estimate of drug-likeness (QED) is 0.749. The van der Waals surface area contributed by atoms with Gasteiger partial charge in [0.05, 0.1) is 0 Å². The van der Waals surface area contributed by atoms with Gasteiger partial charge in [0.15, 0.2) is 0 Å². The van der Waals surface area contributed by atoms with E-state index in [0.29, 0.717) is 6.04 Å². The molecule has 2 nitrogen and oxygen atoms in total. The molecule has 14 heavy (non-hydrogen) atoms. The van der Waals surface area contributed by atoms with Crippen molar-refractivity contribution in [2.75, 3.05) is 11.5 Å². The maximum atomic E-state index is 11.2. The van der Waals surface area contributed by atoms with Crippen molar-refractivity contribution in [3.8, 4) is 0 Å². The molecule has 0 aromatic heterocycles. The Labute approximate surface area is 88.3 Å². The third-order valence-electron chi connectivity index (χ3n) is 4.18. The molecule has 3 unspecified atom stereocenters. The monoisotopic (exact) mass is 213 g/mol. The average molecular weight is 213 g/mol. The predicted molar refractivity (Wildman–Crippen MR) is 58.7 cm³/mol. The standard InChI is InChI=1S/C11H19NOS/c13-14-5-3-9(4-6-14)12-11-2-1-8-7-10(8)11/h8-12H,1-7H2. The zero-order chi connectivity index (χ0) is 9.54. The summed E-state index contributed by atoms with van der Waals surface area (Å²) in [6.45, 7) is 0. The summed E-state index contributed by atoms with van der Waals surface area (Å²) in [7, 11) is -0.502. The molecule has 0 aromatic rings. The van der Waals surface area contributed by atoms with Gasteiger partial charge >= 0.3 is 0 Å². The fourth-order valence-corrected chi connectivity index (χ4v) is 4.47. The van der Waals surface area contributed by atoms with E-state index in [1.807, 2.05) is 0 Å². The zero-order valence-corrected chi connectivity index (χ0v) is 9.39. The summed E-state index contributed by atoms with van der Waals surface area (Å²) in [5, 5.41) is 3.80. The molecule has 0 spiro atoms. The van der Waals surface area contributed by atoms with Gasteiger partial charge in [-0.3, -0.25) is 4.21 Å². The normalized spacial score (nSPS) is 51.6. The van der Waals surface area contributed by atoms with Gasteiger partial charge in [-0.1, -0.05) is 0 Å². The Morgan fingerprint density at radius 1 is 1.07 bits per heavy atom. The van der Waals surface area contributed by atoms with E-state index in [4.69, 9.17) is 0 Å². The third-order valence-corrected chi connectivity index (χ3v) is 5.56. The second-order valence-electron chi connectivity index (χ2n) is 5.13. The van der Waals surface area contributed by atoms with E-state index in [9.17, 15) is 4.21 Å². The van der Waals surface area contributed by atoms with Gasteiger partial charge in [0.2, 0.25) is 0 Å². The highest BCUT2D eigenvalue weighted by Gasteiger charge is 2.48. The van der Waals surface area contributed by atoms with Gasteiger partial charge in [0.1, 0.15) is 0 Å². The molecular weight excluding hydrogens is 194 g/mol. The molecule has 3 aliphatic rings. The molecule has 3 rings (SSSR count). The van der Waals surface area contributed by atoms with Crippen LogP contribution in [0.25, 0.3) is 0 Å². The molecule has 0 aromatic carbocycles. The molecule has 3 heteroatoms. The number of hydrogen-bond acceptors (Lipinski definition) is 2. The molecule has 2 aliphatic carbocycles. The van der Waals surface area contributed by atoms with E-state index in [1.54, 1.807) is 0 Å². The number of hydrogen-bond donors (Lipinski definition) is 1. The minimum Gasteiger partial charge on any atom is -0.311 e. The highest BCUT2D eigenvalue weighted by atomic mass is 32.2. The van der Waals surface area contributed by atoms with Crippen molar-refractivity contribution < 1.29 is 4.21 Å². The predicted octanol–water partition coefficient (Wildman–Crippen LogP) is 1.29. The topological polar surface area (TPSA) is 29.1 Å². The lowest BCUT2D eigenvalue weighted by atomic mass is 10.1. The SMILES string of the molecule is O=S1CCC(NC2CCC3CC32)CC1. The first-order valence-electron chi connectivity index (χ1n) is 5.94. The van der Waals surface area contributed by atoms with Crippen molar-refractivity contribution in [3.63, 3.8) is 0 Å². The molecule has 1 N–H and O–H groups in total. The molecule has 2 saturated carbocycles. The fraction of sp³-hybridized carbons (Fsp3) is 1.00. The van der Waals surface area contributed by atoms with Crippen molar-refractivity contribution in [1.29, 1.82) is 0 Å². The minimum absolute atomic E-state index is 0.502. The molecule has 1 aliphatic heterocycles. The molecule has 0 amide bonds. The van der Waals surface area contributed by atoms with E-state index in [0.717, 1.165) is 42.2 Å². The van der Waals surface area contributed by atoms with E-state index in [1.165, 1.54) is 19.3 Å². The van der Waals surface area contributed by atoms with Crippen molar-refractivity contribution in [2.45, 2.75) is 44.2 Å². The highest BCUT2D eigenvalue weighted by molar-refractivity contribution is 7.85. The summed E-state index contributed by atoms with van der Waals surface area (Å²) in [5.41, 5.74) is 0. The lowest BCUT2D eigenvalue weighted by molar-refractivity contribution is 0.382. The lowest BCUT2D eigenvalue weighted by Crippen LogP contribution is -2.42. The van der Waals surface area contributed by atoms with Crippen LogP contribution >= 0.6 is 0 Å². The van der Waals surface area contributed by atoms with Crippen LogP contribution in [0.3, 0.4) is 0 Å². The maximum absolute atomic E-state index is 11.2. The van der Waals surface area contributed by atoms with Crippen LogP contribution in [0, 0.1) is 11.8 Å². The van der Waals surface area contributed by atoms with Crippen LogP contribution in [-0.4, -0.2) is 27.8 Å². The first-order chi connectivity index (χ1) is 6.83. The summed E-state index contributed by atoms with van der Waals surface area (Å²) >= 11 is 0. The molecule has 3 atom stereocenters. The second kappa shape index (κ2) is 3.60. The molecule has 80 valence electrons. The summed E-state index contributed by atoms with van der Waals surface area (Å²) < 4.78 is 11.2. The first-order valence-corrected chi connectivity index (χ1v) is 7.43. The van der Waals surface area contributed by atoms with Crippen LogP contribution in [0.5, 0.6) is 0 Å². The summed E-state index contributed by atoms with van der Waals surface area (Å²) in [4.78, 5) is 0. The van der Waals surface area contributed by atoms with Crippen molar-refractivity contribution >= 4 is 10.8 Å². The first kappa shape index (κ1) is 9.34. The largest absolute Gasteiger partial charge is 0.311 e. The second-order valence-corrected chi connectivity index (χ2v) is 6.83. The smallest absolute Gasteiger partial charge is 0.0249 e. The Hall–Kier alpha value is 0.110.